The lowest BCUT2D eigenvalue weighted by Crippen LogP contribution is -2.40. The number of anilines is 2. The summed E-state index contributed by atoms with van der Waals surface area (Å²) in [6.07, 6.45) is 6.79. The number of piperidine rings is 1. The van der Waals surface area contributed by atoms with Crippen LogP contribution >= 0.6 is 11.6 Å². The van der Waals surface area contributed by atoms with Crippen LogP contribution in [0.5, 0.6) is 5.75 Å². The molecule has 1 amide bonds. The first kappa shape index (κ1) is 25.9. The number of aryl methyl sites for hydroxylation is 1. The second kappa shape index (κ2) is 11.0. The lowest BCUT2D eigenvalue weighted by Gasteiger charge is -2.31. The monoisotopic (exact) mass is 536 g/mol. The van der Waals surface area contributed by atoms with E-state index in [9.17, 15) is 4.79 Å². The third kappa shape index (κ3) is 4.91. The molecule has 8 nitrogen and oxygen atoms in total. The average molecular weight is 537 g/mol. The van der Waals surface area contributed by atoms with Crippen molar-refractivity contribution in [3.8, 4) is 17.0 Å². The molecule has 0 saturated carbocycles. The SMILES string of the molecule is CCOc1ccc(-c2cnc3c(Nc4ccc(C(=O)N5CCC(CN)CC5)c(C)c4)nccn23)c(F)c1Cl. The van der Waals surface area contributed by atoms with Crippen molar-refractivity contribution in [2.45, 2.75) is 26.7 Å². The number of fused-ring (bicyclic) bond motifs is 1. The Kier molecular flexibility index (Phi) is 7.49. The smallest absolute Gasteiger partial charge is 0.254 e. The van der Waals surface area contributed by atoms with Gasteiger partial charge in [-0.3, -0.25) is 9.20 Å². The van der Waals surface area contributed by atoms with Gasteiger partial charge >= 0.3 is 0 Å². The van der Waals surface area contributed by atoms with Gasteiger partial charge in [0.1, 0.15) is 10.8 Å². The van der Waals surface area contributed by atoms with Crippen LogP contribution in [-0.2, 0) is 0 Å². The molecule has 1 fully saturated rings. The third-order valence-corrected chi connectivity index (χ3v) is 7.36. The van der Waals surface area contributed by atoms with Crippen molar-refractivity contribution in [1.29, 1.82) is 0 Å². The largest absolute Gasteiger partial charge is 0.492 e. The molecular weight excluding hydrogens is 507 g/mol. The molecule has 0 radical (unpaired) electrons. The summed E-state index contributed by atoms with van der Waals surface area (Å²) in [6, 6.07) is 8.88. The second-order valence-corrected chi connectivity index (χ2v) is 9.79. The molecule has 3 N–H and O–H groups in total. The number of halogens is 2. The number of carbonyl (C=O) groups excluding carboxylic acids is 1. The summed E-state index contributed by atoms with van der Waals surface area (Å²) in [5.41, 5.74) is 9.45. The van der Waals surface area contributed by atoms with Gasteiger partial charge < -0.3 is 20.7 Å². The summed E-state index contributed by atoms with van der Waals surface area (Å²) in [5, 5.41) is 3.22. The predicted octanol–water partition coefficient (Wildman–Crippen LogP) is 5.45. The van der Waals surface area contributed by atoms with Gasteiger partial charge in [-0.2, -0.15) is 0 Å². The van der Waals surface area contributed by atoms with Gasteiger partial charge in [-0.1, -0.05) is 11.6 Å². The Morgan fingerprint density at radius 1 is 1.24 bits per heavy atom. The molecule has 1 aliphatic heterocycles. The highest BCUT2D eigenvalue weighted by Gasteiger charge is 2.24. The zero-order valence-corrected chi connectivity index (χ0v) is 22.1. The van der Waals surface area contributed by atoms with E-state index in [-0.39, 0.29) is 10.9 Å². The van der Waals surface area contributed by atoms with Gasteiger partial charge in [0.25, 0.3) is 5.91 Å². The molecule has 0 atom stereocenters. The van der Waals surface area contributed by atoms with E-state index in [0.717, 1.165) is 37.2 Å². The Bertz CT molecular complexity index is 1480. The maximum atomic E-state index is 15.1. The van der Waals surface area contributed by atoms with Gasteiger partial charge in [0, 0.05) is 42.3 Å². The van der Waals surface area contributed by atoms with Crippen LogP contribution in [0.2, 0.25) is 5.02 Å². The van der Waals surface area contributed by atoms with E-state index in [1.165, 1.54) is 0 Å². The van der Waals surface area contributed by atoms with Crippen molar-refractivity contribution < 1.29 is 13.9 Å². The number of rotatable bonds is 7. The first-order valence-electron chi connectivity index (χ1n) is 12.7. The molecule has 2 aromatic carbocycles. The van der Waals surface area contributed by atoms with E-state index < -0.39 is 5.82 Å². The number of amides is 1. The molecular formula is C28H30ClFN6O2. The standard InChI is InChI=1S/C28H30ClFN6O2/c1-3-38-23-7-6-21(25(30)24(23)29)22-16-33-27-26(32-10-13-36(22)27)34-19-4-5-20(17(2)14-19)28(37)35-11-8-18(15-31)9-12-35/h4-7,10,13-14,16,18H,3,8-9,11-12,15,31H2,1-2H3,(H,32,34). The zero-order valence-electron chi connectivity index (χ0n) is 21.4. The number of nitrogens with two attached hydrogens (primary N) is 1. The number of hydrogen-bond acceptors (Lipinski definition) is 6. The normalized spacial score (nSPS) is 14.2. The van der Waals surface area contributed by atoms with E-state index in [1.54, 1.807) is 35.1 Å². The summed E-state index contributed by atoms with van der Waals surface area (Å²) in [5.74, 6) is 0.754. The molecule has 3 heterocycles. The van der Waals surface area contributed by atoms with Crippen LogP contribution in [0.25, 0.3) is 16.9 Å². The predicted molar refractivity (Wildman–Crippen MR) is 147 cm³/mol. The minimum atomic E-state index is -0.575. The number of carbonyl (C=O) groups is 1. The molecule has 4 aromatic rings. The van der Waals surface area contributed by atoms with Crippen LogP contribution in [-0.4, -0.2) is 51.4 Å². The maximum absolute atomic E-state index is 15.1. The molecule has 10 heteroatoms. The Balaban J connectivity index is 1.39. The van der Waals surface area contributed by atoms with Gasteiger partial charge in [-0.25, -0.2) is 14.4 Å². The molecule has 0 unspecified atom stereocenters. The highest BCUT2D eigenvalue weighted by Crippen LogP contribution is 2.35. The van der Waals surface area contributed by atoms with E-state index in [1.807, 2.05) is 36.9 Å². The van der Waals surface area contributed by atoms with Gasteiger partial charge in [0.05, 0.1) is 18.5 Å². The molecule has 2 aromatic heterocycles. The number of nitrogens with one attached hydrogen (secondary N) is 1. The molecule has 0 bridgehead atoms. The molecule has 0 aliphatic carbocycles. The molecule has 1 aliphatic rings. The summed E-state index contributed by atoms with van der Waals surface area (Å²) in [6.45, 7) is 6.25. The third-order valence-electron chi connectivity index (χ3n) is 7.01. The number of aromatic nitrogens is 3. The fraction of sp³-hybridized carbons (Fsp3) is 0.321. The van der Waals surface area contributed by atoms with Crippen molar-refractivity contribution in [1.82, 2.24) is 19.3 Å². The topological polar surface area (TPSA) is 97.8 Å². The average Bonchev–Trinajstić information content (AvgIpc) is 3.36. The minimum absolute atomic E-state index is 0.0405. The van der Waals surface area contributed by atoms with Crippen molar-refractivity contribution in [3.05, 3.63) is 70.9 Å². The van der Waals surface area contributed by atoms with E-state index in [4.69, 9.17) is 22.1 Å². The van der Waals surface area contributed by atoms with Crippen molar-refractivity contribution >= 4 is 34.7 Å². The highest BCUT2D eigenvalue weighted by molar-refractivity contribution is 6.32. The summed E-state index contributed by atoms with van der Waals surface area (Å²) in [7, 11) is 0. The first-order valence-corrected chi connectivity index (χ1v) is 13.1. The number of ether oxygens (including phenoxy) is 1. The summed E-state index contributed by atoms with van der Waals surface area (Å²) < 4.78 is 22.3. The molecule has 38 heavy (non-hydrogen) atoms. The fourth-order valence-corrected chi connectivity index (χ4v) is 5.08. The molecule has 198 valence electrons. The van der Waals surface area contributed by atoms with Gasteiger partial charge in [0.15, 0.2) is 17.3 Å². The van der Waals surface area contributed by atoms with Crippen LogP contribution in [0.1, 0.15) is 35.7 Å². The van der Waals surface area contributed by atoms with Crippen molar-refractivity contribution in [2.24, 2.45) is 11.7 Å². The molecule has 0 spiro atoms. The molecule has 1 saturated heterocycles. The minimum Gasteiger partial charge on any atom is -0.492 e. The van der Waals surface area contributed by atoms with E-state index in [2.05, 4.69) is 15.3 Å². The summed E-state index contributed by atoms with van der Waals surface area (Å²) in [4.78, 5) is 23.9. The van der Waals surface area contributed by atoms with Gasteiger partial charge in [0.2, 0.25) is 0 Å². The number of imidazole rings is 1. The Labute approximate surface area is 225 Å². The van der Waals surface area contributed by atoms with Crippen LogP contribution < -0.4 is 15.8 Å². The van der Waals surface area contributed by atoms with Crippen LogP contribution in [0, 0.1) is 18.7 Å². The van der Waals surface area contributed by atoms with E-state index in [0.29, 0.717) is 53.1 Å². The van der Waals surface area contributed by atoms with E-state index >= 15 is 4.39 Å². The molecule has 5 rings (SSSR count). The van der Waals surface area contributed by atoms with Crippen LogP contribution in [0.3, 0.4) is 0 Å². The lowest BCUT2D eigenvalue weighted by atomic mass is 9.96. The first-order chi connectivity index (χ1) is 18.4. The Hall–Kier alpha value is -3.69. The van der Waals surface area contributed by atoms with Crippen LogP contribution in [0.15, 0.2) is 48.9 Å². The summed E-state index contributed by atoms with van der Waals surface area (Å²) >= 11 is 6.21. The maximum Gasteiger partial charge on any atom is 0.254 e. The van der Waals surface area contributed by atoms with Gasteiger partial charge in [-0.15, -0.1) is 0 Å². The second-order valence-electron chi connectivity index (χ2n) is 9.41. The number of benzene rings is 2. The number of likely N-dealkylation sites (tertiary alicyclic amines) is 1. The number of nitrogens with zero attached hydrogens (tertiary/aromatic N) is 4. The van der Waals surface area contributed by atoms with Gasteiger partial charge in [-0.05, 0) is 75.0 Å². The van der Waals surface area contributed by atoms with Crippen LogP contribution in [0.4, 0.5) is 15.9 Å². The Morgan fingerprint density at radius 3 is 2.74 bits per heavy atom. The number of hydrogen-bond donors (Lipinski definition) is 2. The fourth-order valence-electron chi connectivity index (χ4n) is 4.86. The highest BCUT2D eigenvalue weighted by atomic mass is 35.5. The van der Waals surface area contributed by atoms with Crippen molar-refractivity contribution in [3.63, 3.8) is 0 Å². The zero-order chi connectivity index (χ0) is 26.8. The Morgan fingerprint density at radius 2 is 2.03 bits per heavy atom. The quantitative estimate of drug-likeness (QED) is 0.326. The van der Waals surface area contributed by atoms with Crippen molar-refractivity contribution in [2.75, 3.05) is 31.6 Å². The lowest BCUT2D eigenvalue weighted by molar-refractivity contribution is 0.0692.